The largest absolute Gasteiger partial charge is 0.493 e. The number of halogens is 3. The van der Waals surface area contributed by atoms with Gasteiger partial charge in [-0.2, -0.15) is 18.4 Å². The van der Waals surface area contributed by atoms with E-state index in [0.29, 0.717) is 22.8 Å². The minimum Gasteiger partial charge on any atom is -0.493 e. The lowest BCUT2D eigenvalue weighted by atomic mass is 10.1. The zero-order valence-electron chi connectivity index (χ0n) is 15.8. The van der Waals surface area contributed by atoms with Crippen LogP contribution < -0.4 is 19.5 Å². The Bertz CT molecular complexity index is 953. The molecule has 2 aromatic rings. The summed E-state index contributed by atoms with van der Waals surface area (Å²) in [6.07, 6.45) is -3.29. The van der Waals surface area contributed by atoms with Crippen LogP contribution in [0.1, 0.15) is 11.1 Å². The summed E-state index contributed by atoms with van der Waals surface area (Å²) in [6, 6.07) is 8.90. The molecule has 0 atom stereocenters. The second-order valence-electron chi connectivity index (χ2n) is 5.66. The van der Waals surface area contributed by atoms with Gasteiger partial charge in [0.15, 0.2) is 11.5 Å². The van der Waals surface area contributed by atoms with Crippen molar-refractivity contribution in [2.45, 2.75) is 6.18 Å². The lowest BCUT2D eigenvalue weighted by Crippen LogP contribution is -2.14. The number of amides is 1. The van der Waals surface area contributed by atoms with Crippen LogP contribution in [0.2, 0.25) is 0 Å². The molecule has 0 aliphatic carbocycles. The van der Waals surface area contributed by atoms with Gasteiger partial charge in [0.25, 0.3) is 5.91 Å². The van der Waals surface area contributed by atoms with E-state index in [9.17, 15) is 23.2 Å². The molecule has 2 aromatic carbocycles. The van der Waals surface area contributed by atoms with E-state index in [1.54, 1.807) is 6.07 Å². The molecule has 0 radical (unpaired) electrons. The maximum Gasteiger partial charge on any atom is 0.416 e. The van der Waals surface area contributed by atoms with E-state index in [1.165, 1.54) is 45.6 Å². The SMILES string of the molecule is COc1cc(C=C(C#N)C(=O)Nc2cccc(C(F)(F)F)c2)cc(OC)c1OC. The van der Waals surface area contributed by atoms with Gasteiger partial charge in [0, 0.05) is 5.69 Å². The first-order valence-corrected chi connectivity index (χ1v) is 8.14. The van der Waals surface area contributed by atoms with Crippen LogP contribution in [0.15, 0.2) is 42.0 Å². The number of anilines is 1. The van der Waals surface area contributed by atoms with Crippen LogP contribution in [0.25, 0.3) is 6.08 Å². The highest BCUT2D eigenvalue weighted by atomic mass is 19.4. The molecule has 6 nitrogen and oxygen atoms in total. The Morgan fingerprint density at radius 2 is 1.69 bits per heavy atom. The Labute approximate surface area is 165 Å². The third-order valence-corrected chi connectivity index (χ3v) is 3.81. The monoisotopic (exact) mass is 406 g/mol. The molecule has 0 bridgehead atoms. The van der Waals surface area contributed by atoms with Crippen LogP contribution in [-0.4, -0.2) is 27.2 Å². The van der Waals surface area contributed by atoms with Gasteiger partial charge in [-0.05, 0) is 42.0 Å². The van der Waals surface area contributed by atoms with Crippen molar-refractivity contribution in [2.75, 3.05) is 26.6 Å². The number of methoxy groups -OCH3 is 3. The van der Waals surface area contributed by atoms with Gasteiger partial charge in [-0.25, -0.2) is 0 Å². The molecule has 9 heteroatoms. The molecule has 0 aliphatic heterocycles. The fourth-order valence-corrected chi connectivity index (χ4v) is 2.47. The molecule has 2 rings (SSSR count). The highest BCUT2D eigenvalue weighted by Gasteiger charge is 2.30. The highest BCUT2D eigenvalue weighted by Crippen LogP contribution is 2.38. The lowest BCUT2D eigenvalue weighted by Gasteiger charge is -2.13. The van der Waals surface area contributed by atoms with Crippen LogP contribution in [0, 0.1) is 11.3 Å². The van der Waals surface area contributed by atoms with Crippen LogP contribution in [0.4, 0.5) is 18.9 Å². The summed E-state index contributed by atoms with van der Waals surface area (Å²) in [4.78, 5) is 12.4. The predicted octanol–water partition coefficient (Wildman–Crippen LogP) is 4.28. The van der Waals surface area contributed by atoms with Gasteiger partial charge in [0.05, 0.1) is 26.9 Å². The molecular formula is C20H17F3N2O4. The van der Waals surface area contributed by atoms with Crippen molar-refractivity contribution in [3.8, 4) is 23.3 Å². The van der Waals surface area contributed by atoms with Crippen molar-refractivity contribution in [1.82, 2.24) is 0 Å². The van der Waals surface area contributed by atoms with Crippen molar-refractivity contribution in [3.05, 3.63) is 53.1 Å². The first-order chi connectivity index (χ1) is 13.7. The van der Waals surface area contributed by atoms with E-state index in [0.717, 1.165) is 18.2 Å². The normalized spacial score (nSPS) is 11.4. The van der Waals surface area contributed by atoms with Crippen LogP contribution in [-0.2, 0) is 11.0 Å². The summed E-state index contributed by atoms with van der Waals surface area (Å²) >= 11 is 0. The standard InChI is InChI=1S/C20H17F3N2O4/c1-27-16-8-12(9-17(28-2)18(16)29-3)7-13(11-24)19(26)25-15-6-4-5-14(10-15)20(21,22)23/h4-10H,1-3H3,(H,25,26). The number of carbonyl (C=O) groups excluding carboxylic acids is 1. The fraction of sp³-hybridized carbons (Fsp3) is 0.200. The number of ether oxygens (including phenoxy) is 3. The summed E-state index contributed by atoms with van der Waals surface area (Å²) < 4.78 is 54.1. The van der Waals surface area contributed by atoms with Gasteiger partial charge in [0.1, 0.15) is 11.6 Å². The van der Waals surface area contributed by atoms with Gasteiger partial charge >= 0.3 is 6.18 Å². The molecule has 152 valence electrons. The van der Waals surface area contributed by atoms with Crippen molar-refractivity contribution in [1.29, 1.82) is 5.26 Å². The summed E-state index contributed by atoms with van der Waals surface area (Å²) in [5, 5.41) is 11.6. The van der Waals surface area contributed by atoms with Gasteiger partial charge in [0.2, 0.25) is 5.75 Å². The number of hydrogen-bond acceptors (Lipinski definition) is 5. The Morgan fingerprint density at radius 3 is 2.17 bits per heavy atom. The first-order valence-electron chi connectivity index (χ1n) is 8.14. The predicted molar refractivity (Wildman–Crippen MR) is 99.8 cm³/mol. The number of nitrogens with zero attached hydrogens (tertiary/aromatic N) is 1. The lowest BCUT2D eigenvalue weighted by molar-refractivity contribution is -0.137. The minimum atomic E-state index is -4.55. The average Bonchev–Trinajstić information content (AvgIpc) is 2.70. The highest BCUT2D eigenvalue weighted by molar-refractivity contribution is 6.09. The third-order valence-electron chi connectivity index (χ3n) is 3.81. The Balaban J connectivity index is 2.35. The third kappa shape index (κ3) is 5.19. The maximum atomic E-state index is 12.8. The van der Waals surface area contributed by atoms with Crippen molar-refractivity contribution in [3.63, 3.8) is 0 Å². The van der Waals surface area contributed by atoms with Crippen LogP contribution in [0.5, 0.6) is 17.2 Å². The molecule has 0 heterocycles. The summed E-state index contributed by atoms with van der Waals surface area (Å²) in [5.74, 6) is 0.0991. The number of hydrogen-bond donors (Lipinski definition) is 1. The Hall–Kier alpha value is -3.67. The molecule has 0 unspecified atom stereocenters. The molecule has 1 amide bonds. The van der Waals surface area contributed by atoms with Crippen molar-refractivity contribution >= 4 is 17.7 Å². The van der Waals surface area contributed by atoms with Gasteiger partial charge in [-0.1, -0.05) is 6.07 Å². The van der Waals surface area contributed by atoms with E-state index in [4.69, 9.17) is 14.2 Å². The molecule has 0 saturated carbocycles. The molecule has 0 fully saturated rings. The topological polar surface area (TPSA) is 80.6 Å². The van der Waals surface area contributed by atoms with Crippen LogP contribution >= 0.6 is 0 Å². The Kier molecular flexibility index (Phi) is 6.72. The summed E-state index contributed by atoms with van der Waals surface area (Å²) in [5.41, 5.74) is -0.926. The van der Waals surface area contributed by atoms with E-state index in [2.05, 4.69) is 5.32 Å². The molecule has 0 spiro atoms. The molecule has 0 aromatic heterocycles. The maximum absolute atomic E-state index is 12.8. The molecular weight excluding hydrogens is 389 g/mol. The van der Waals surface area contributed by atoms with E-state index in [-0.39, 0.29) is 11.3 Å². The molecule has 29 heavy (non-hydrogen) atoms. The number of nitrogens with one attached hydrogen (secondary N) is 1. The minimum absolute atomic E-state index is 0.0872. The van der Waals surface area contributed by atoms with E-state index >= 15 is 0 Å². The second-order valence-corrected chi connectivity index (χ2v) is 5.66. The average molecular weight is 406 g/mol. The number of carbonyl (C=O) groups is 1. The van der Waals surface area contributed by atoms with Gasteiger partial charge in [-0.3, -0.25) is 4.79 Å². The quantitative estimate of drug-likeness (QED) is 0.572. The van der Waals surface area contributed by atoms with E-state index in [1.807, 2.05) is 0 Å². The zero-order chi connectivity index (χ0) is 21.6. The molecule has 0 aliphatic rings. The number of nitriles is 1. The fourth-order valence-electron chi connectivity index (χ4n) is 2.47. The number of rotatable bonds is 6. The first kappa shape index (κ1) is 21.6. The Morgan fingerprint density at radius 1 is 1.07 bits per heavy atom. The summed E-state index contributed by atoms with van der Waals surface area (Å²) in [7, 11) is 4.26. The van der Waals surface area contributed by atoms with E-state index < -0.39 is 17.6 Å². The summed E-state index contributed by atoms with van der Waals surface area (Å²) in [6.45, 7) is 0. The van der Waals surface area contributed by atoms with Gasteiger partial charge < -0.3 is 19.5 Å². The number of benzene rings is 2. The van der Waals surface area contributed by atoms with Crippen molar-refractivity contribution in [2.24, 2.45) is 0 Å². The second kappa shape index (κ2) is 9.01. The van der Waals surface area contributed by atoms with Crippen molar-refractivity contribution < 1.29 is 32.2 Å². The molecule has 0 saturated heterocycles. The number of alkyl halides is 3. The molecule has 1 N–H and O–H groups in total. The van der Waals surface area contributed by atoms with Gasteiger partial charge in [-0.15, -0.1) is 0 Å². The smallest absolute Gasteiger partial charge is 0.416 e. The zero-order valence-corrected chi connectivity index (χ0v) is 15.8. The van der Waals surface area contributed by atoms with Crippen LogP contribution in [0.3, 0.4) is 0 Å².